The van der Waals surface area contributed by atoms with Crippen molar-refractivity contribution < 1.29 is 4.79 Å². The Kier molecular flexibility index (Phi) is 2.64. The Labute approximate surface area is 140 Å². The Morgan fingerprint density at radius 1 is 1.00 bits per heavy atom. The monoisotopic (exact) mass is 317 g/mol. The van der Waals surface area contributed by atoms with Gasteiger partial charge in [-0.25, -0.2) is 0 Å². The molecule has 3 aromatic rings. The zero-order valence-electron chi connectivity index (χ0n) is 13.9. The van der Waals surface area contributed by atoms with Gasteiger partial charge in [0.05, 0.1) is 16.9 Å². The van der Waals surface area contributed by atoms with Crippen molar-refractivity contribution in [3.8, 4) is 0 Å². The summed E-state index contributed by atoms with van der Waals surface area (Å²) in [6.45, 7) is 0.767. The minimum atomic E-state index is -0.0338. The first-order valence-corrected chi connectivity index (χ1v) is 8.37. The smallest absolute Gasteiger partial charge is 0.257 e. The second kappa shape index (κ2) is 4.63. The molecule has 4 heteroatoms. The number of anilines is 1. The average molecular weight is 317 g/mol. The number of fused-ring (bicyclic) bond motifs is 6. The van der Waals surface area contributed by atoms with Gasteiger partial charge in [0.1, 0.15) is 6.17 Å². The Morgan fingerprint density at radius 2 is 1.75 bits per heavy atom. The van der Waals surface area contributed by atoms with Crippen molar-refractivity contribution in [1.29, 1.82) is 0 Å². The predicted octanol–water partition coefficient (Wildman–Crippen LogP) is 3.33. The fourth-order valence-electron chi connectivity index (χ4n) is 4.44. The number of rotatable bonds is 0. The highest BCUT2D eigenvalue weighted by molar-refractivity contribution is 6.02. The molecule has 0 aliphatic carbocycles. The Hall–Kier alpha value is -2.75. The molecule has 4 nitrogen and oxygen atoms in total. The third-order valence-electron chi connectivity index (χ3n) is 5.55. The summed E-state index contributed by atoms with van der Waals surface area (Å²) in [6.07, 6.45) is 0.878. The SMILES string of the molecule is CN1c2ccccc2C(=O)N2CCc3c(n(C)c4ccccc34)C21. The van der Waals surface area contributed by atoms with E-state index >= 15 is 0 Å². The van der Waals surface area contributed by atoms with Crippen LogP contribution >= 0.6 is 0 Å². The molecular weight excluding hydrogens is 298 g/mol. The van der Waals surface area contributed by atoms with Crippen LogP contribution in [0.5, 0.6) is 0 Å². The molecule has 24 heavy (non-hydrogen) atoms. The van der Waals surface area contributed by atoms with E-state index in [1.54, 1.807) is 0 Å². The first-order chi connectivity index (χ1) is 11.7. The zero-order valence-corrected chi connectivity index (χ0v) is 13.9. The summed E-state index contributed by atoms with van der Waals surface area (Å²) in [7, 11) is 4.21. The van der Waals surface area contributed by atoms with Gasteiger partial charge in [0.25, 0.3) is 5.91 Å². The van der Waals surface area contributed by atoms with Gasteiger partial charge in [-0.3, -0.25) is 4.79 Å². The lowest BCUT2D eigenvalue weighted by atomic mass is 9.96. The average Bonchev–Trinajstić information content (AvgIpc) is 2.92. The standard InChI is InChI=1S/C20H19N3O/c1-21-16-9-5-3-7-13(16)14-11-12-23-19(18(14)21)22(2)17-10-6-4-8-15(17)20(23)24/h3-10,19H,11-12H2,1-2H3. The topological polar surface area (TPSA) is 28.5 Å². The van der Waals surface area contributed by atoms with Gasteiger partial charge in [-0.2, -0.15) is 0 Å². The molecule has 3 heterocycles. The highest BCUT2D eigenvalue weighted by Crippen LogP contribution is 2.43. The van der Waals surface area contributed by atoms with Crippen LogP contribution in [0.2, 0.25) is 0 Å². The number of hydrogen-bond acceptors (Lipinski definition) is 2. The Bertz CT molecular complexity index is 988. The molecule has 2 aliphatic heterocycles. The van der Waals surface area contributed by atoms with Gasteiger partial charge in [-0.1, -0.05) is 30.3 Å². The molecule has 0 spiro atoms. The van der Waals surface area contributed by atoms with E-state index in [9.17, 15) is 4.79 Å². The van der Waals surface area contributed by atoms with E-state index in [4.69, 9.17) is 0 Å². The van der Waals surface area contributed by atoms with Crippen LogP contribution in [0.1, 0.15) is 27.8 Å². The molecule has 0 N–H and O–H groups in total. The maximum absolute atomic E-state index is 13.0. The van der Waals surface area contributed by atoms with Crippen LogP contribution in [-0.4, -0.2) is 29.0 Å². The molecule has 2 aliphatic rings. The third-order valence-corrected chi connectivity index (χ3v) is 5.55. The molecule has 1 unspecified atom stereocenters. The quantitative estimate of drug-likeness (QED) is 0.636. The summed E-state index contributed by atoms with van der Waals surface area (Å²) in [6, 6.07) is 16.5. The molecule has 2 aromatic carbocycles. The summed E-state index contributed by atoms with van der Waals surface area (Å²) in [4.78, 5) is 17.3. The van der Waals surface area contributed by atoms with Crippen molar-refractivity contribution in [3.63, 3.8) is 0 Å². The minimum absolute atomic E-state index is 0.0338. The summed E-state index contributed by atoms with van der Waals surface area (Å²) >= 11 is 0. The first kappa shape index (κ1) is 13.7. The Balaban J connectivity index is 1.79. The highest BCUT2D eigenvalue weighted by Gasteiger charge is 2.42. The largest absolute Gasteiger partial charge is 0.349 e. The van der Waals surface area contributed by atoms with Crippen molar-refractivity contribution >= 4 is 22.5 Å². The van der Waals surface area contributed by atoms with Gasteiger partial charge in [-0.15, -0.1) is 0 Å². The number of nitrogens with zero attached hydrogens (tertiary/aromatic N) is 3. The fraction of sp³-hybridized carbons (Fsp3) is 0.250. The van der Waals surface area contributed by atoms with Crippen LogP contribution in [0.25, 0.3) is 10.9 Å². The van der Waals surface area contributed by atoms with Crippen molar-refractivity contribution in [2.45, 2.75) is 12.6 Å². The minimum Gasteiger partial charge on any atom is -0.349 e. The van der Waals surface area contributed by atoms with E-state index in [0.717, 1.165) is 24.2 Å². The van der Waals surface area contributed by atoms with Crippen LogP contribution in [0, 0.1) is 0 Å². The van der Waals surface area contributed by atoms with Crippen LogP contribution in [0.15, 0.2) is 48.5 Å². The molecule has 0 fully saturated rings. The summed E-state index contributed by atoms with van der Waals surface area (Å²) in [5.41, 5.74) is 5.69. The van der Waals surface area contributed by atoms with Crippen molar-refractivity contribution in [2.75, 3.05) is 18.5 Å². The zero-order chi connectivity index (χ0) is 16.4. The van der Waals surface area contributed by atoms with E-state index in [-0.39, 0.29) is 12.1 Å². The summed E-state index contributed by atoms with van der Waals surface area (Å²) < 4.78 is 2.26. The number of amides is 1. The number of aromatic nitrogens is 1. The van der Waals surface area contributed by atoms with Crippen molar-refractivity contribution in [2.24, 2.45) is 7.05 Å². The number of carbonyl (C=O) groups is 1. The van der Waals surface area contributed by atoms with E-state index in [1.807, 2.05) is 29.2 Å². The molecule has 120 valence electrons. The second-order valence-electron chi connectivity index (χ2n) is 6.69. The van der Waals surface area contributed by atoms with Gasteiger partial charge in [-0.05, 0) is 30.2 Å². The van der Waals surface area contributed by atoms with E-state index < -0.39 is 0 Å². The highest BCUT2D eigenvalue weighted by atomic mass is 16.2. The fourth-order valence-corrected chi connectivity index (χ4v) is 4.44. The molecule has 1 atom stereocenters. The second-order valence-corrected chi connectivity index (χ2v) is 6.69. The predicted molar refractivity (Wildman–Crippen MR) is 95.2 cm³/mol. The Morgan fingerprint density at radius 3 is 2.62 bits per heavy atom. The number of hydrogen-bond donors (Lipinski definition) is 0. The lowest BCUT2D eigenvalue weighted by Gasteiger charge is -2.46. The third kappa shape index (κ3) is 1.55. The molecular formula is C20H19N3O. The number of aryl methyl sites for hydroxylation is 1. The first-order valence-electron chi connectivity index (χ1n) is 8.37. The van der Waals surface area contributed by atoms with Crippen LogP contribution in [0.4, 0.5) is 5.69 Å². The summed E-state index contributed by atoms with van der Waals surface area (Å²) in [5, 5.41) is 1.31. The van der Waals surface area contributed by atoms with Crippen LogP contribution < -0.4 is 4.90 Å². The maximum atomic E-state index is 13.0. The maximum Gasteiger partial charge on any atom is 0.257 e. The summed E-state index contributed by atoms with van der Waals surface area (Å²) in [5.74, 6) is 0.143. The van der Waals surface area contributed by atoms with Gasteiger partial charge >= 0.3 is 0 Å². The van der Waals surface area contributed by atoms with E-state index in [0.29, 0.717) is 0 Å². The lowest BCUT2D eigenvalue weighted by molar-refractivity contribution is 0.0631. The number of carbonyl (C=O) groups excluding carboxylic acids is 1. The van der Waals surface area contributed by atoms with Crippen molar-refractivity contribution in [3.05, 3.63) is 65.4 Å². The van der Waals surface area contributed by atoms with Gasteiger partial charge in [0.2, 0.25) is 0 Å². The number of benzene rings is 2. The molecule has 0 saturated heterocycles. The number of para-hydroxylation sites is 2. The van der Waals surface area contributed by atoms with Gasteiger partial charge < -0.3 is 14.4 Å². The molecule has 0 bridgehead atoms. The lowest BCUT2D eigenvalue weighted by Crippen LogP contribution is -2.51. The van der Waals surface area contributed by atoms with E-state index in [1.165, 1.54) is 22.2 Å². The molecule has 0 saturated carbocycles. The molecule has 1 aromatic heterocycles. The normalized spacial score (nSPS) is 19.2. The molecule has 5 rings (SSSR count). The van der Waals surface area contributed by atoms with Gasteiger partial charge in [0.15, 0.2) is 0 Å². The van der Waals surface area contributed by atoms with E-state index in [2.05, 4.69) is 47.8 Å². The van der Waals surface area contributed by atoms with Crippen LogP contribution in [-0.2, 0) is 13.5 Å². The van der Waals surface area contributed by atoms with Crippen molar-refractivity contribution in [1.82, 2.24) is 9.47 Å². The van der Waals surface area contributed by atoms with Crippen LogP contribution in [0.3, 0.4) is 0 Å². The molecule has 0 radical (unpaired) electrons. The van der Waals surface area contributed by atoms with Gasteiger partial charge in [0, 0.05) is 31.5 Å². The molecule has 1 amide bonds.